The van der Waals surface area contributed by atoms with Gasteiger partial charge in [0.25, 0.3) is 0 Å². The number of carbonyl (C=O) groups excluding carboxylic acids is 1. The first-order valence-electron chi connectivity index (χ1n) is 8.37. The number of nitrogens with one attached hydrogen (secondary N) is 1. The van der Waals surface area contributed by atoms with Gasteiger partial charge in [-0.3, -0.25) is 0 Å². The van der Waals surface area contributed by atoms with E-state index in [9.17, 15) is 4.79 Å². The lowest BCUT2D eigenvalue weighted by atomic mass is 9.96. The predicted molar refractivity (Wildman–Crippen MR) is 95.9 cm³/mol. The second-order valence-electron chi connectivity index (χ2n) is 5.72. The van der Waals surface area contributed by atoms with Gasteiger partial charge in [0.15, 0.2) is 17.2 Å². The smallest absolute Gasteiger partial charge is 0.361 e. The van der Waals surface area contributed by atoms with E-state index in [1.807, 2.05) is 30.3 Å². The largest absolute Gasteiger partial charge is 0.497 e. The second-order valence-corrected chi connectivity index (χ2v) is 5.72. The quantitative estimate of drug-likeness (QED) is 0.692. The third-order valence-electron chi connectivity index (χ3n) is 4.19. The molecular formula is C19H17N3O5. The van der Waals surface area contributed by atoms with Crippen LogP contribution in [-0.2, 0) is 4.74 Å². The summed E-state index contributed by atoms with van der Waals surface area (Å²) in [6, 6.07) is 11.2. The molecule has 1 aliphatic heterocycles. The number of fused-ring (bicyclic) bond motifs is 1. The Morgan fingerprint density at radius 2 is 1.81 bits per heavy atom. The Labute approximate surface area is 155 Å². The van der Waals surface area contributed by atoms with Gasteiger partial charge in [0.1, 0.15) is 11.4 Å². The molecule has 0 amide bonds. The minimum atomic E-state index is -0.542. The summed E-state index contributed by atoms with van der Waals surface area (Å²) in [4.78, 5) is 12.2. The number of esters is 1. The summed E-state index contributed by atoms with van der Waals surface area (Å²) >= 11 is 0. The molecule has 2 aromatic carbocycles. The van der Waals surface area contributed by atoms with Crippen molar-refractivity contribution in [1.29, 1.82) is 0 Å². The van der Waals surface area contributed by atoms with Crippen molar-refractivity contribution >= 4 is 5.97 Å². The molecule has 0 radical (unpaired) electrons. The van der Waals surface area contributed by atoms with E-state index in [2.05, 4.69) is 15.4 Å². The van der Waals surface area contributed by atoms with Crippen LogP contribution in [0.5, 0.6) is 17.2 Å². The van der Waals surface area contributed by atoms with E-state index in [-0.39, 0.29) is 19.1 Å². The van der Waals surface area contributed by atoms with Crippen molar-refractivity contribution in [1.82, 2.24) is 15.4 Å². The summed E-state index contributed by atoms with van der Waals surface area (Å²) in [6.07, 6.45) is 0. The molecule has 8 nitrogen and oxygen atoms in total. The molecule has 0 saturated carbocycles. The summed E-state index contributed by atoms with van der Waals surface area (Å²) in [6.45, 7) is 2.13. The average Bonchev–Trinajstić information content (AvgIpc) is 3.36. The summed E-state index contributed by atoms with van der Waals surface area (Å²) in [5.41, 5.74) is 2.91. The number of carbonyl (C=O) groups is 1. The minimum absolute atomic E-state index is 0.116. The van der Waals surface area contributed by atoms with Gasteiger partial charge in [0.05, 0.1) is 13.7 Å². The SMILES string of the molecule is CCOC(=O)c1n[nH]nc1-c1cc2c(cc1-c1ccc(OC)cc1)OCO2. The highest BCUT2D eigenvalue weighted by Gasteiger charge is 2.25. The Balaban J connectivity index is 1.87. The van der Waals surface area contributed by atoms with Gasteiger partial charge in [-0.1, -0.05) is 12.1 Å². The van der Waals surface area contributed by atoms with Crippen LogP contribution in [0.1, 0.15) is 17.4 Å². The standard InChI is InChI=1S/C19H17N3O5/c1-3-25-19(23)18-17(20-22-21-18)14-9-16-15(26-10-27-16)8-13(14)11-4-6-12(24-2)7-5-11/h4-9H,3,10H2,1-2H3,(H,20,21,22). The van der Waals surface area contributed by atoms with Crippen molar-refractivity contribution in [3.63, 3.8) is 0 Å². The molecule has 0 atom stereocenters. The van der Waals surface area contributed by atoms with Crippen LogP contribution in [0.2, 0.25) is 0 Å². The lowest BCUT2D eigenvalue weighted by Gasteiger charge is -2.11. The van der Waals surface area contributed by atoms with E-state index in [0.717, 1.165) is 16.9 Å². The van der Waals surface area contributed by atoms with Crippen LogP contribution < -0.4 is 14.2 Å². The Hall–Kier alpha value is -3.55. The number of H-pyrrole nitrogens is 1. The second kappa shape index (κ2) is 6.99. The van der Waals surface area contributed by atoms with Crippen molar-refractivity contribution < 1.29 is 23.7 Å². The number of aromatic amines is 1. The van der Waals surface area contributed by atoms with Crippen molar-refractivity contribution in [2.24, 2.45) is 0 Å². The Kier molecular flexibility index (Phi) is 4.37. The minimum Gasteiger partial charge on any atom is -0.497 e. The molecule has 0 bridgehead atoms. The summed E-state index contributed by atoms with van der Waals surface area (Å²) in [7, 11) is 1.61. The number of ether oxygens (including phenoxy) is 4. The number of benzene rings is 2. The van der Waals surface area contributed by atoms with Gasteiger partial charge in [0, 0.05) is 5.56 Å². The zero-order valence-corrected chi connectivity index (χ0v) is 14.8. The number of nitrogens with zero attached hydrogens (tertiary/aromatic N) is 2. The van der Waals surface area contributed by atoms with E-state index in [4.69, 9.17) is 18.9 Å². The van der Waals surface area contributed by atoms with E-state index in [1.54, 1.807) is 20.1 Å². The highest BCUT2D eigenvalue weighted by molar-refractivity contribution is 5.97. The van der Waals surface area contributed by atoms with Crippen molar-refractivity contribution in [2.45, 2.75) is 6.92 Å². The molecule has 2 heterocycles. The van der Waals surface area contributed by atoms with Gasteiger partial charge in [-0.05, 0) is 42.3 Å². The van der Waals surface area contributed by atoms with Gasteiger partial charge in [0.2, 0.25) is 6.79 Å². The highest BCUT2D eigenvalue weighted by atomic mass is 16.7. The van der Waals surface area contributed by atoms with Gasteiger partial charge >= 0.3 is 5.97 Å². The Bertz CT molecular complexity index is 982. The topological polar surface area (TPSA) is 95.6 Å². The predicted octanol–water partition coefficient (Wildman–Crippen LogP) is 3.05. The maximum Gasteiger partial charge on any atom is 0.361 e. The van der Waals surface area contributed by atoms with Gasteiger partial charge in [-0.25, -0.2) is 4.79 Å². The zero-order valence-electron chi connectivity index (χ0n) is 14.8. The molecule has 1 aliphatic rings. The van der Waals surface area contributed by atoms with Crippen LogP contribution in [0.3, 0.4) is 0 Å². The summed E-state index contributed by atoms with van der Waals surface area (Å²) in [5.74, 6) is 1.42. The molecule has 8 heteroatoms. The first-order chi connectivity index (χ1) is 13.2. The normalized spacial score (nSPS) is 12.1. The third kappa shape index (κ3) is 3.05. The van der Waals surface area contributed by atoms with E-state index < -0.39 is 5.97 Å². The molecule has 1 N–H and O–H groups in total. The zero-order chi connectivity index (χ0) is 18.8. The highest BCUT2D eigenvalue weighted by Crippen LogP contribution is 2.43. The molecule has 0 saturated heterocycles. The number of methoxy groups -OCH3 is 1. The molecule has 1 aromatic heterocycles. The van der Waals surface area contributed by atoms with E-state index in [1.165, 1.54) is 0 Å². The number of aromatic nitrogens is 3. The maximum atomic E-state index is 12.2. The molecular weight excluding hydrogens is 350 g/mol. The molecule has 0 aliphatic carbocycles. The van der Waals surface area contributed by atoms with Gasteiger partial charge < -0.3 is 18.9 Å². The molecule has 0 fully saturated rings. The van der Waals surface area contributed by atoms with E-state index in [0.29, 0.717) is 22.8 Å². The summed E-state index contributed by atoms with van der Waals surface area (Å²) < 4.78 is 21.3. The average molecular weight is 367 g/mol. The molecule has 3 aromatic rings. The van der Waals surface area contributed by atoms with Crippen LogP contribution in [-0.4, -0.2) is 41.9 Å². The third-order valence-corrected chi connectivity index (χ3v) is 4.19. The monoisotopic (exact) mass is 367 g/mol. The number of hydrogen-bond acceptors (Lipinski definition) is 7. The number of rotatable bonds is 5. The molecule has 4 rings (SSSR count). The number of hydrogen-bond donors (Lipinski definition) is 1. The molecule has 0 spiro atoms. The van der Waals surface area contributed by atoms with Crippen LogP contribution in [0.25, 0.3) is 22.4 Å². The fourth-order valence-corrected chi connectivity index (χ4v) is 2.91. The molecule has 0 unspecified atom stereocenters. The van der Waals surface area contributed by atoms with Crippen molar-refractivity contribution in [2.75, 3.05) is 20.5 Å². The van der Waals surface area contributed by atoms with E-state index >= 15 is 0 Å². The van der Waals surface area contributed by atoms with Gasteiger partial charge in [-0.15, -0.1) is 5.10 Å². The fourth-order valence-electron chi connectivity index (χ4n) is 2.91. The Morgan fingerprint density at radius 3 is 2.48 bits per heavy atom. The molecule has 138 valence electrons. The van der Waals surface area contributed by atoms with Gasteiger partial charge in [-0.2, -0.15) is 10.3 Å². The van der Waals surface area contributed by atoms with Crippen LogP contribution in [0.4, 0.5) is 0 Å². The lowest BCUT2D eigenvalue weighted by Crippen LogP contribution is -2.07. The first-order valence-corrected chi connectivity index (χ1v) is 8.37. The fraction of sp³-hybridized carbons (Fsp3) is 0.211. The van der Waals surface area contributed by atoms with Crippen LogP contribution in [0, 0.1) is 0 Å². The summed E-state index contributed by atoms with van der Waals surface area (Å²) in [5, 5.41) is 10.6. The lowest BCUT2D eigenvalue weighted by molar-refractivity contribution is 0.0520. The Morgan fingerprint density at radius 1 is 1.11 bits per heavy atom. The van der Waals surface area contributed by atoms with Crippen LogP contribution in [0.15, 0.2) is 36.4 Å². The van der Waals surface area contributed by atoms with Crippen molar-refractivity contribution in [3.8, 4) is 39.6 Å². The van der Waals surface area contributed by atoms with Crippen LogP contribution >= 0.6 is 0 Å². The first kappa shape index (κ1) is 16.9. The van der Waals surface area contributed by atoms with Crippen molar-refractivity contribution in [3.05, 3.63) is 42.1 Å². The maximum absolute atomic E-state index is 12.2. The molecule has 27 heavy (non-hydrogen) atoms.